The van der Waals surface area contributed by atoms with Crippen LogP contribution in [0, 0.1) is 17.8 Å². The normalized spacial score (nSPS) is 25.5. The maximum Gasteiger partial charge on any atom is 0.326 e. The molecule has 5 heteroatoms. The third-order valence-electron chi connectivity index (χ3n) is 4.73. The molecule has 0 aliphatic carbocycles. The summed E-state index contributed by atoms with van der Waals surface area (Å²) in [6.45, 7) is 9.90. The van der Waals surface area contributed by atoms with Crippen molar-refractivity contribution in [3.63, 3.8) is 0 Å². The van der Waals surface area contributed by atoms with Crippen LogP contribution in [-0.4, -0.2) is 45.7 Å². The molecule has 1 rings (SSSR count). The van der Waals surface area contributed by atoms with Crippen molar-refractivity contribution in [3.8, 4) is 0 Å². The molecular weight excluding hydrogens is 282 g/mol. The Hall–Kier alpha value is -1.36. The fraction of sp³-hybridized carbons (Fsp3) is 0.765. The lowest BCUT2D eigenvalue weighted by Gasteiger charge is -2.29. The Bertz CT molecular complexity index is 409. The number of aliphatic carboxylic acids is 1. The lowest BCUT2D eigenvalue weighted by Crippen LogP contribution is -2.44. The molecular formula is C17H29NO4. The van der Waals surface area contributed by atoms with Gasteiger partial charge in [0.2, 0.25) is 5.91 Å². The van der Waals surface area contributed by atoms with Crippen molar-refractivity contribution in [3.05, 3.63) is 12.7 Å². The monoisotopic (exact) mass is 311 g/mol. The third-order valence-corrected chi connectivity index (χ3v) is 4.73. The van der Waals surface area contributed by atoms with E-state index in [9.17, 15) is 19.8 Å². The van der Waals surface area contributed by atoms with E-state index in [0.717, 1.165) is 19.3 Å². The molecule has 0 radical (unpaired) electrons. The van der Waals surface area contributed by atoms with Crippen LogP contribution >= 0.6 is 0 Å². The highest BCUT2D eigenvalue weighted by molar-refractivity contribution is 5.85. The number of hydrogen-bond acceptors (Lipinski definition) is 3. The quantitative estimate of drug-likeness (QED) is 0.674. The molecule has 5 atom stereocenters. The Kier molecular flexibility index (Phi) is 7.07. The third kappa shape index (κ3) is 4.83. The van der Waals surface area contributed by atoms with E-state index in [2.05, 4.69) is 13.5 Å². The predicted octanol–water partition coefficient (Wildman–Crippen LogP) is 2.30. The van der Waals surface area contributed by atoms with Crippen LogP contribution in [0.2, 0.25) is 0 Å². The lowest BCUT2D eigenvalue weighted by molar-refractivity contribution is -0.150. The summed E-state index contributed by atoms with van der Waals surface area (Å²) in [6, 6.07) is -0.893. The number of carboxylic acids is 1. The molecule has 0 aromatic rings. The predicted molar refractivity (Wildman–Crippen MR) is 85.3 cm³/mol. The standard InChI is InChI=1S/C17H29NO4/c1-5-6-7-11(2)8-12(3)13(4)16(20)18-10-14(19)9-15(18)17(21)22/h5,11-15,19H,1,6-10H2,2-4H3,(H,21,22)/t11?,12-,13+,14-,15?/m1/s1. The van der Waals surface area contributed by atoms with E-state index in [-0.39, 0.29) is 30.7 Å². The molecule has 1 aliphatic rings. The van der Waals surface area contributed by atoms with Crippen LogP contribution < -0.4 is 0 Å². The van der Waals surface area contributed by atoms with E-state index < -0.39 is 18.1 Å². The minimum Gasteiger partial charge on any atom is -0.480 e. The number of likely N-dealkylation sites (tertiary alicyclic amines) is 1. The Balaban J connectivity index is 2.63. The van der Waals surface area contributed by atoms with Crippen LogP contribution in [0.1, 0.15) is 46.5 Å². The number of hydrogen-bond donors (Lipinski definition) is 2. The first-order valence-electron chi connectivity index (χ1n) is 8.10. The molecule has 1 aliphatic heterocycles. The second kappa shape index (κ2) is 8.32. The highest BCUT2D eigenvalue weighted by atomic mass is 16.4. The smallest absolute Gasteiger partial charge is 0.326 e. The molecule has 5 nitrogen and oxygen atoms in total. The summed E-state index contributed by atoms with van der Waals surface area (Å²) in [5.41, 5.74) is 0. The lowest BCUT2D eigenvalue weighted by atomic mass is 9.85. The highest BCUT2D eigenvalue weighted by Crippen LogP contribution is 2.27. The summed E-state index contributed by atoms with van der Waals surface area (Å²) in [7, 11) is 0. The molecule has 1 heterocycles. The van der Waals surface area contributed by atoms with Crippen LogP contribution in [-0.2, 0) is 9.59 Å². The number of rotatable bonds is 8. The number of aliphatic hydroxyl groups is 1. The Morgan fingerprint density at radius 2 is 2.00 bits per heavy atom. The van der Waals surface area contributed by atoms with Crippen molar-refractivity contribution in [2.45, 2.75) is 58.6 Å². The van der Waals surface area contributed by atoms with Crippen molar-refractivity contribution in [2.75, 3.05) is 6.54 Å². The molecule has 1 saturated heterocycles. The zero-order valence-corrected chi connectivity index (χ0v) is 13.9. The summed E-state index contributed by atoms with van der Waals surface area (Å²) >= 11 is 0. The van der Waals surface area contributed by atoms with Gasteiger partial charge in [0.15, 0.2) is 0 Å². The Morgan fingerprint density at radius 3 is 2.55 bits per heavy atom. The average molecular weight is 311 g/mol. The first kappa shape index (κ1) is 18.7. The van der Waals surface area contributed by atoms with Gasteiger partial charge in [0.05, 0.1) is 6.10 Å². The van der Waals surface area contributed by atoms with E-state index in [1.165, 1.54) is 4.90 Å². The molecule has 126 valence electrons. The van der Waals surface area contributed by atoms with Crippen molar-refractivity contribution in [2.24, 2.45) is 17.8 Å². The molecule has 0 bridgehead atoms. The van der Waals surface area contributed by atoms with Crippen molar-refractivity contribution in [1.82, 2.24) is 4.90 Å². The number of amides is 1. The van der Waals surface area contributed by atoms with Gasteiger partial charge in [-0.15, -0.1) is 6.58 Å². The van der Waals surface area contributed by atoms with Gasteiger partial charge in [-0.2, -0.15) is 0 Å². The van der Waals surface area contributed by atoms with E-state index in [1.54, 1.807) is 0 Å². The molecule has 1 fully saturated rings. The Labute approximate surface area is 133 Å². The van der Waals surface area contributed by atoms with Crippen LogP contribution in [0.5, 0.6) is 0 Å². The molecule has 0 aromatic carbocycles. The second-order valence-electron chi connectivity index (χ2n) is 6.71. The van der Waals surface area contributed by atoms with Crippen molar-refractivity contribution in [1.29, 1.82) is 0 Å². The van der Waals surface area contributed by atoms with Gasteiger partial charge < -0.3 is 15.1 Å². The fourth-order valence-corrected chi connectivity index (χ4v) is 3.16. The number of β-amino-alcohol motifs (C(OH)–C–C–N with tert-alkyl or cyclic N) is 1. The number of carbonyl (C=O) groups excluding carboxylic acids is 1. The zero-order chi connectivity index (χ0) is 16.9. The van der Waals surface area contributed by atoms with E-state index >= 15 is 0 Å². The second-order valence-corrected chi connectivity index (χ2v) is 6.71. The van der Waals surface area contributed by atoms with Gasteiger partial charge in [-0.25, -0.2) is 4.79 Å². The maximum absolute atomic E-state index is 12.6. The minimum atomic E-state index is -1.04. The van der Waals surface area contributed by atoms with Crippen LogP contribution in [0.25, 0.3) is 0 Å². The molecule has 22 heavy (non-hydrogen) atoms. The van der Waals surface area contributed by atoms with Crippen LogP contribution in [0.4, 0.5) is 0 Å². The number of aliphatic hydroxyl groups excluding tert-OH is 1. The fourth-order valence-electron chi connectivity index (χ4n) is 3.16. The first-order chi connectivity index (χ1) is 10.3. The molecule has 0 saturated carbocycles. The van der Waals surface area contributed by atoms with Gasteiger partial charge in [0, 0.05) is 18.9 Å². The van der Waals surface area contributed by atoms with Crippen molar-refractivity contribution < 1.29 is 19.8 Å². The number of carboxylic acid groups (broad SMARTS) is 1. The van der Waals surface area contributed by atoms with E-state index in [1.807, 2.05) is 19.9 Å². The van der Waals surface area contributed by atoms with Gasteiger partial charge in [-0.1, -0.05) is 26.8 Å². The van der Waals surface area contributed by atoms with Crippen molar-refractivity contribution >= 4 is 11.9 Å². The maximum atomic E-state index is 12.6. The summed E-state index contributed by atoms with van der Waals surface area (Å²) in [5.74, 6) is -0.753. The van der Waals surface area contributed by atoms with Crippen LogP contribution in [0.3, 0.4) is 0 Å². The van der Waals surface area contributed by atoms with Crippen LogP contribution in [0.15, 0.2) is 12.7 Å². The summed E-state index contributed by atoms with van der Waals surface area (Å²) in [6.07, 6.45) is 4.23. The molecule has 2 N–H and O–H groups in total. The van der Waals surface area contributed by atoms with Gasteiger partial charge in [0.25, 0.3) is 0 Å². The number of allylic oxidation sites excluding steroid dienone is 1. The topological polar surface area (TPSA) is 77.8 Å². The molecule has 1 amide bonds. The number of nitrogens with zero attached hydrogens (tertiary/aromatic N) is 1. The number of carbonyl (C=O) groups is 2. The van der Waals surface area contributed by atoms with Gasteiger partial charge >= 0.3 is 5.97 Å². The largest absolute Gasteiger partial charge is 0.480 e. The first-order valence-corrected chi connectivity index (χ1v) is 8.10. The summed E-state index contributed by atoms with van der Waals surface area (Å²) < 4.78 is 0. The van der Waals surface area contributed by atoms with Gasteiger partial charge in [-0.3, -0.25) is 4.79 Å². The van der Waals surface area contributed by atoms with Gasteiger partial charge in [0.1, 0.15) is 6.04 Å². The minimum absolute atomic E-state index is 0.123. The summed E-state index contributed by atoms with van der Waals surface area (Å²) in [4.78, 5) is 25.1. The van der Waals surface area contributed by atoms with Gasteiger partial charge in [-0.05, 0) is 31.1 Å². The average Bonchev–Trinajstić information content (AvgIpc) is 2.85. The highest BCUT2D eigenvalue weighted by Gasteiger charge is 2.41. The molecule has 2 unspecified atom stereocenters. The Morgan fingerprint density at radius 1 is 1.36 bits per heavy atom. The summed E-state index contributed by atoms with van der Waals surface area (Å²) in [5, 5.41) is 18.9. The van der Waals surface area contributed by atoms with E-state index in [4.69, 9.17) is 0 Å². The zero-order valence-electron chi connectivity index (χ0n) is 13.9. The molecule has 0 spiro atoms. The SMILES string of the molecule is C=CCCC(C)C[C@@H](C)[C@H](C)C(=O)N1C[C@H](O)CC1C(=O)O. The molecule has 0 aromatic heterocycles. The van der Waals surface area contributed by atoms with E-state index in [0.29, 0.717) is 5.92 Å².